The Bertz CT molecular complexity index is 421. The van der Waals surface area contributed by atoms with Gasteiger partial charge in [0.1, 0.15) is 5.69 Å². The first kappa shape index (κ1) is 11.5. The second-order valence-electron chi connectivity index (χ2n) is 4.15. The van der Waals surface area contributed by atoms with Crippen LogP contribution in [-0.2, 0) is 4.79 Å². The lowest BCUT2D eigenvalue weighted by Gasteiger charge is -2.10. The molecule has 0 aromatic carbocycles. The molecule has 1 aliphatic rings. The molecule has 90 valence electrons. The Labute approximate surface area is 99.1 Å². The molecular weight excluding hydrogens is 220 g/mol. The minimum Gasteiger partial charge on any atom is -0.350 e. The zero-order valence-corrected chi connectivity index (χ0v) is 9.59. The molecule has 0 spiro atoms. The lowest BCUT2D eigenvalue weighted by atomic mass is 10.1. The number of carbonyl (C=O) groups excluding carboxylic acids is 2. The molecule has 0 bridgehead atoms. The van der Waals surface area contributed by atoms with Gasteiger partial charge >= 0.3 is 0 Å². The van der Waals surface area contributed by atoms with Gasteiger partial charge in [0, 0.05) is 44.9 Å². The van der Waals surface area contributed by atoms with Gasteiger partial charge < -0.3 is 10.2 Å². The summed E-state index contributed by atoms with van der Waals surface area (Å²) in [5, 5.41) is 2.76. The molecule has 1 fully saturated rings. The summed E-state index contributed by atoms with van der Waals surface area (Å²) in [4.78, 5) is 32.3. The zero-order chi connectivity index (χ0) is 12.3. The van der Waals surface area contributed by atoms with Crippen LogP contribution in [0.5, 0.6) is 0 Å². The van der Waals surface area contributed by atoms with Gasteiger partial charge in [0.25, 0.3) is 5.91 Å². The van der Waals surface area contributed by atoms with Crippen molar-refractivity contribution >= 4 is 11.8 Å². The van der Waals surface area contributed by atoms with Crippen molar-refractivity contribution in [3.63, 3.8) is 0 Å². The van der Waals surface area contributed by atoms with Gasteiger partial charge in [-0.2, -0.15) is 0 Å². The van der Waals surface area contributed by atoms with Crippen molar-refractivity contribution in [1.82, 2.24) is 20.2 Å². The molecule has 1 saturated heterocycles. The molecule has 2 heterocycles. The first-order valence-electron chi connectivity index (χ1n) is 5.45. The molecule has 1 aromatic heterocycles. The van der Waals surface area contributed by atoms with Crippen LogP contribution in [0.1, 0.15) is 16.9 Å². The molecule has 6 heteroatoms. The van der Waals surface area contributed by atoms with E-state index in [-0.39, 0.29) is 17.7 Å². The van der Waals surface area contributed by atoms with E-state index in [9.17, 15) is 9.59 Å². The maximum absolute atomic E-state index is 11.7. The van der Waals surface area contributed by atoms with Crippen LogP contribution in [0, 0.1) is 5.92 Å². The fourth-order valence-electron chi connectivity index (χ4n) is 1.84. The molecule has 6 nitrogen and oxygen atoms in total. The number of carbonyl (C=O) groups is 2. The summed E-state index contributed by atoms with van der Waals surface area (Å²) in [5.41, 5.74) is 0.296. The van der Waals surface area contributed by atoms with Crippen molar-refractivity contribution in [1.29, 1.82) is 0 Å². The second-order valence-corrected chi connectivity index (χ2v) is 4.15. The Morgan fingerprint density at radius 1 is 1.59 bits per heavy atom. The molecule has 1 unspecified atom stereocenters. The van der Waals surface area contributed by atoms with Crippen LogP contribution in [0.2, 0.25) is 0 Å². The van der Waals surface area contributed by atoms with Gasteiger partial charge in [-0.3, -0.25) is 14.6 Å². The number of hydrogen-bond acceptors (Lipinski definition) is 4. The molecular formula is C11H14N4O2. The van der Waals surface area contributed by atoms with Gasteiger partial charge in [-0.05, 0) is 0 Å². The average Bonchev–Trinajstić information content (AvgIpc) is 2.67. The van der Waals surface area contributed by atoms with E-state index in [0.717, 1.165) is 0 Å². The van der Waals surface area contributed by atoms with Gasteiger partial charge in [0.15, 0.2) is 0 Å². The normalized spacial score (nSPS) is 19.5. The summed E-state index contributed by atoms with van der Waals surface area (Å²) in [6.45, 7) is 1.19. The first-order valence-corrected chi connectivity index (χ1v) is 5.45. The minimum atomic E-state index is -0.250. The average molecular weight is 234 g/mol. The number of hydrogen-bond donors (Lipinski definition) is 1. The Morgan fingerprint density at radius 3 is 3.00 bits per heavy atom. The highest BCUT2D eigenvalue weighted by Crippen LogP contribution is 2.14. The topological polar surface area (TPSA) is 75.2 Å². The van der Waals surface area contributed by atoms with Crippen LogP contribution in [0.25, 0.3) is 0 Å². The van der Waals surface area contributed by atoms with Crippen molar-refractivity contribution in [2.75, 3.05) is 20.1 Å². The maximum atomic E-state index is 11.7. The molecule has 2 amide bonds. The number of aromatic nitrogens is 2. The van der Waals surface area contributed by atoms with E-state index in [1.54, 1.807) is 11.9 Å². The van der Waals surface area contributed by atoms with E-state index in [4.69, 9.17) is 0 Å². The number of amides is 2. The summed E-state index contributed by atoms with van der Waals surface area (Å²) in [6, 6.07) is 0. The SMILES string of the molecule is CN1CC(CNC(=O)c2cnccn2)CC1=O. The predicted molar refractivity (Wildman–Crippen MR) is 60.1 cm³/mol. The van der Waals surface area contributed by atoms with Gasteiger partial charge in [-0.1, -0.05) is 0 Å². The van der Waals surface area contributed by atoms with E-state index >= 15 is 0 Å². The smallest absolute Gasteiger partial charge is 0.271 e. The zero-order valence-electron chi connectivity index (χ0n) is 9.59. The van der Waals surface area contributed by atoms with Crippen molar-refractivity contribution < 1.29 is 9.59 Å². The summed E-state index contributed by atoms with van der Waals surface area (Å²) >= 11 is 0. The van der Waals surface area contributed by atoms with E-state index < -0.39 is 0 Å². The molecule has 2 rings (SSSR count). The molecule has 0 radical (unpaired) electrons. The monoisotopic (exact) mass is 234 g/mol. The molecule has 0 aliphatic carbocycles. The summed E-state index contributed by atoms with van der Waals surface area (Å²) in [6.07, 6.45) is 4.90. The van der Waals surface area contributed by atoms with Crippen LogP contribution in [-0.4, -0.2) is 46.8 Å². The van der Waals surface area contributed by atoms with Gasteiger partial charge in [0.2, 0.25) is 5.91 Å². The summed E-state index contributed by atoms with van der Waals surface area (Å²) < 4.78 is 0. The largest absolute Gasteiger partial charge is 0.350 e. The highest BCUT2D eigenvalue weighted by molar-refractivity contribution is 5.91. The number of rotatable bonds is 3. The standard InChI is InChI=1S/C11H14N4O2/c1-15-7-8(4-10(15)16)5-14-11(17)9-6-12-2-3-13-9/h2-3,6,8H,4-5,7H2,1H3,(H,14,17). The van der Waals surface area contributed by atoms with E-state index in [2.05, 4.69) is 15.3 Å². The van der Waals surface area contributed by atoms with Crippen molar-refractivity contribution in [2.45, 2.75) is 6.42 Å². The molecule has 0 saturated carbocycles. The van der Waals surface area contributed by atoms with Gasteiger partial charge in [-0.15, -0.1) is 0 Å². The number of nitrogens with one attached hydrogen (secondary N) is 1. The molecule has 17 heavy (non-hydrogen) atoms. The van der Waals surface area contributed by atoms with Crippen LogP contribution < -0.4 is 5.32 Å². The lowest BCUT2D eigenvalue weighted by Crippen LogP contribution is -2.31. The van der Waals surface area contributed by atoms with Crippen LogP contribution in [0.15, 0.2) is 18.6 Å². The Hall–Kier alpha value is -1.98. The van der Waals surface area contributed by atoms with Crippen LogP contribution >= 0.6 is 0 Å². The van der Waals surface area contributed by atoms with Crippen molar-refractivity contribution in [3.05, 3.63) is 24.3 Å². The van der Waals surface area contributed by atoms with Gasteiger partial charge in [0.05, 0.1) is 6.20 Å². The van der Waals surface area contributed by atoms with E-state index in [1.807, 2.05) is 0 Å². The summed E-state index contributed by atoms with van der Waals surface area (Å²) in [7, 11) is 1.77. The predicted octanol–water partition coefficient (Wildman–Crippen LogP) is -0.315. The minimum absolute atomic E-state index is 0.128. The Morgan fingerprint density at radius 2 is 2.41 bits per heavy atom. The van der Waals surface area contributed by atoms with Crippen molar-refractivity contribution in [2.24, 2.45) is 5.92 Å². The third-order valence-electron chi connectivity index (χ3n) is 2.77. The van der Waals surface area contributed by atoms with Gasteiger partial charge in [-0.25, -0.2) is 4.98 Å². The second kappa shape index (κ2) is 4.90. The number of nitrogens with zero attached hydrogens (tertiary/aromatic N) is 3. The highest BCUT2D eigenvalue weighted by Gasteiger charge is 2.26. The van der Waals surface area contributed by atoms with Crippen molar-refractivity contribution in [3.8, 4) is 0 Å². The fourth-order valence-corrected chi connectivity index (χ4v) is 1.84. The van der Waals surface area contributed by atoms with E-state index in [0.29, 0.717) is 25.2 Å². The first-order chi connectivity index (χ1) is 8.16. The quantitative estimate of drug-likeness (QED) is 0.778. The molecule has 1 aliphatic heterocycles. The number of likely N-dealkylation sites (tertiary alicyclic amines) is 1. The Balaban J connectivity index is 1.83. The van der Waals surface area contributed by atoms with E-state index in [1.165, 1.54) is 18.6 Å². The molecule has 1 N–H and O–H groups in total. The molecule has 1 atom stereocenters. The highest BCUT2D eigenvalue weighted by atomic mass is 16.2. The molecule has 1 aromatic rings. The third-order valence-corrected chi connectivity index (χ3v) is 2.77. The third kappa shape index (κ3) is 2.77. The van der Waals surface area contributed by atoms with Crippen LogP contribution in [0.4, 0.5) is 0 Å². The fraction of sp³-hybridized carbons (Fsp3) is 0.455. The lowest BCUT2D eigenvalue weighted by molar-refractivity contribution is -0.126. The summed E-state index contributed by atoms with van der Waals surface area (Å²) in [5.74, 6) is 0.0666. The van der Waals surface area contributed by atoms with Crippen LogP contribution in [0.3, 0.4) is 0 Å². The maximum Gasteiger partial charge on any atom is 0.271 e. The Kier molecular flexibility index (Phi) is 3.32.